The predicted octanol–water partition coefficient (Wildman–Crippen LogP) is 4.66. The number of hydrogen-bond donors (Lipinski definition) is 1. The Kier molecular flexibility index (Phi) is 5.91. The maximum absolute atomic E-state index is 13.0. The zero-order valence-corrected chi connectivity index (χ0v) is 19.9. The van der Waals surface area contributed by atoms with Gasteiger partial charge in [-0.3, -0.25) is 19.7 Å². The van der Waals surface area contributed by atoms with Crippen LogP contribution in [0.4, 0.5) is 10.8 Å². The van der Waals surface area contributed by atoms with Gasteiger partial charge in [-0.1, -0.05) is 36.4 Å². The van der Waals surface area contributed by atoms with Crippen molar-refractivity contribution in [3.05, 3.63) is 64.5 Å². The van der Waals surface area contributed by atoms with Crippen LogP contribution in [0.5, 0.6) is 0 Å². The van der Waals surface area contributed by atoms with Crippen LogP contribution in [-0.2, 0) is 25.5 Å². The number of rotatable bonds is 6. The van der Waals surface area contributed by atoms with Crippen molar-refractivity contribution in [3.8, 4) is 11.3 Å². The van der Waals surface area contributed by atoms with Crippen molar-refractivity contribution < 1.29 is 19.1 Å². The van der Waals surface area contributed by atoms with Gasteiger partial charge in [0, 0.05) is 41.1 Å². The number of nitrogens with zero attached hydrogens (tertiary/aromatic N) is 2. The second kappa shape index (κ2) is 9.02. The first-order valence-electron chi connectivity index (χ1n) is 11.4. The Morgan fingerprint density at radius 2 is 1.91 bits per heavy atom. The van der Waals surface area contributed by atoms with Crippen LogP contribution in [0.3, 0.4) is 0 Å². The minimum absolute atomic E-state index is 0.198. The van der Waals surface area contributed by atoms with Crippen LogP contribution in [-0.4, -0.2) is 29.3 Å². The molecule has 0 bridgehead atoms. The van der Waals surface area contributed by atoms with Crippen LogP contribution in [0.1, 0.15) is 41.9 Å². The number of fused-ring (bicyclic) bond motifs is 1. The average molecular weight is 476 g/mol. The van der Waals surface area contributed by atoms with Gasteiger partial charge in [0.05, 0.1) is 5.69 Å². The summed E-state index contributed by atoms with van der Waals surface area (Å²) in [6.45, 7) is 3.96. The SMILES string of the molecule is CC(=O)OC(C(=O)Nc1nc(-c2ccc3c(c2)CCN3C(=O)C2CC2)c(C)s1)c1ccccc1. The van der Waals surface area contributed by atoms with Gasteiger partial charge in [0.15, 0.2) is 5.13 Å². The number of aryl methyl sites for hydroxylation is 1. The topological polar surface area (TPSA) is 88.6 Å². The number of nitrogens with one attached hydrogen (secondary N) is 1. The Labute approximate surface area is 201 Å². The van der Waals surface area contributed by atoms with Crippen molar-refractivity contribution in [2.45, 2.75) is 39.2 Å². The minimum atomic E-state index is -1.05. The average Bonchev–Trinajstić information content (AvgIpc) is 3.49. The lowest BCUT2D eigenvalue weighted by Gasteiger charge is -2.17. The third-order valence-corrected chi connectivity index (χ3v) is 6.98. The lowest BCUT2D eigenvalue weighted by atomic mass is 10.1. The number of ether oxygens (including phenoxy) is 1. The molecular weight excluding hydrogens is 450 g/mol. The molecule has 8 heteroatoms. The smallest absolute Gasteiger partial charge is 0.303 e. The largest absolute Gasteiger partial charge is 0.447 e. The van der Waals surface area contributed by atoms with E-state index in [1.807, 2.05) is 30.0 Å². The lowest BCUT2D eigenvalue weighted by molar-refractivity contribution is -0.152. The van der Waals surface area contributed by atoms with Crippen molar-refractivity contribution in [3.63, 3.8) is 0 Å². The molecule has 0 saturated heterocycles. The molecule has 34 heavy (non-hydrogen) atoms. The Morgan fingerprint density at radius 1 is 1.15 bits per heavy atom. The molecule has 3 aromatic rings. The molecule has 1 aromatic heterocycles. The van der Waals surface area contributed by atoms with Crippen LogP contribution < -0.4 is 10.2 Å². The third kappa shape index (κ3) is 4.46. The van der Waals surface area contributed by atoms with Gasteiger partial charge in [-0.05, 0) is 43.9 Å². The lowest BCUT2D eigenvalue weighted by Crippen LogP contribution is -2.30. The van der Waals surface area contributed by atoms with Gasteiger partial charge in [0.2, 0.25) is 12.0 Å². The molecule has 0 radical (unpaired) electrons. The number of aromatic nitrogens is 1. The van der Waals surface area contributed by atoms with E-state index in [4.69, 9.17) is 4.74 Å². The first kappa shape index (κ1) is 22.3. The van der Waals surface area contributed by atoms with Gasteiger partial charge in [-0.2, -0.15) is 0 Å². The zero-order valence-electron chi connectivity index (χ0n) is 19.0. The number of carbonyl (C=O) groups excluding carboxylic acids is 3. The van der Waals surface area contributed by atoms with E-state index in [9.17, 15) is 14.4 Å². The number of esters is 1. The Balaban J connectivity index is 1.35. The van der Waals surface area contributed by atoms with Crippen molar-refractivity contribution >= 4 is 39.9 Å². The molecule has 2 amide bonds. The Morgan fingerprint density at radius 3 is 2.62 bits per heavy atom. The van der Waals surface area contributed by atoms with Crippen LogP contribution in [0, 0.1) is 12.8 Å². The molecule has 1 unspecified atom stereocenters. The summed E-state index contributed by atoms with van der Waals surface area (Å²) in [6, 6.07) is 15.0. The number of thiazole rings is 1. The zero-order chi connectivity index (χ0) is 23.8. The molecular formula is C26H25N3O4S. The molecule has 1 aliphatic heterocycles. The van der Waals surface area contributed by atoms with Crippen LogP contribution >= 0.6 is 11.3 Å². The highest BCUT2D eigenvalue weighted by Crippen LogP contribution is 2.39. The number of carbonyl (C=O) groups is 3. The van der Waals surface area contributed by atoms with Gasteiger partial charge < -0.3 is 9.64 Å². The van der Waals surface area contributed by atoms with Crippen molar-refractivity contribution in [2.75, 3.05) is 16.8 Å². The van der Waals surface area contributed by atoms with Crippen molar-refractivity contribution in [1.29, 1.82) is 0 Å². The quantitative estimate of drug-likeness (QED) is 0.524. The van der Waals surface area contributed by atoms with E-state index in [1.54, 1.807) is 24.3 Å². The fraction of sp³-hybridized carbons (Fsp3) is 0.308. The molecule has 1 saturated carbocycles. The molecule has 5 rings (SSSR count). The summed E-state index contributed by atoms with van der Waals surface area (Å²) in [5.41, 5.74) is 4.47. The first-order valence-corrected chi connectivity index (χ1v) is 12.2. The number of anilines is 2. The summed E-state index contributed by atoms with van der Waals surface area (Å²) in [6.07, 6.45) is 1.77. The second-order valence-electron chi connectivity index (χ2n) is 8.67. The number of benzene rings is 2. The molecule has 174 valence electrons. The van der Waals surface area contributed by atoms with E-state index in [1.165, 1.54) is 18.3 Å². The monoisotopic (exact) mass is 475 g/mol. The normalized spacial score (nSPS) is 15.5. The Hall–Kier alpha value is -3.52. The third-order valence-electron chi connectivity index (χ3n) is 6.09. The fourth-order valence-corrected chi connectivity index (χ4v) is 5.12. The molecule has 0 spiro atoms. The van der Waals surface area contributed by atoms with Gasteiger partial charge in [0.1, 0.15) is 0 Å². The summed E-state index contributed by atoms with van der Waals surface area (Å²) >= 11 is 1.37. The number of hydrogen-bond acceptors (Lipinski definition) is 6. The maximum Gasteiger partial charge on any atom is 0.303 e. The van der Waals surface area contributed by atoms with E-state index >= 15 is 0 Å². The summed E-state index contributed by atoms with van der Waals surface area (Å²) < 4.78 is 5.29. The highest BCUT2D eigenvalue weighted by Gasteiger charge is 2.36. The highest BCUT2D eigenvalue weighted by atomic mass is 32.1. The standard InChI is InChI=1S/C26H25N3O4S/c1-15-22(20-10-11-21-19(14-20)12-13-29(21)25(32)18-8-9-18)27-26(34-15)28-24(31)23(33-16(2)30)17-6-4-3-5-7-17/h3-7,10-11,14,18,23H,8-9,12-13H2,1-2H3,(H,27,28,31). The highest BCUT2D eigenvalue weighted by molar-refractivity contribution is 7.16. The molecule has 1 N–H and O–H groups in total. The van der Waals surface area contributed by atoms with Gasteiger partial charge >= 0.3 is 5.97 Å². The fourth-order valence-electron chi connectivity index (χ4n) is 4.28. The summed E-state index contributed by atoms with van der Waals surface area (Å²) in [5.74, 6) is -0.552. The van der Waals surface area contributed by atoms with Crippen molar-refractivity contribution in [2.24, 2.45) is 5.92 Å². The summed E-state index contributed by atoms with van der Waals surface area (Å²) in [4.78, 5) is 44.6. The van der Waals surface area contributed by atoms with E-state index < -0.39 is 18.0 Å². The van der Waals surface area contributed by atoms with Crippen LogP contribution in [0.25, 0.3) is 11.3 Å². The second-order valence-corrected chi connectivity index (χ2v) is 9.87. The van der Waals surface area contributed by atoms with Gasteiger partial charge in [-0.15, -0.1) is 11.3 Å². The van der Waals surface area contributed by atoms with Gasteiger partial charge in [0.25, 0.3) is 5.91 Å². The molecule has 2 aliphatic rings. The van der Waals surface area contributed by atoms with E-state index in [2.05, 4.69) is 16.4 Å². The first-order chi connectivity index (χ1) is 16.4. The van der Waals surface area contributed by atoms with Crippen LogP contribution in [0.15, 0.2) is 48.5 Å². The van der Waals surface area contributed by atoms with Crippen LogP contribution in [0.2, 0.25) is 0 Å². The number of amides is 2. The van der Waals surface area contributed by atoms with Gasteiger partial charge in [-0.25, -0.2) is 4.98 Å². The molecule has 7 nitrogen and oxygen atoms in total. The molecule has 1 atom stereocenters. The summed E-state index contributed by atoms with van der Waals surface area (Å²) in [5, 5.41) is 3.25. The van der Waals surface area contributed by atoms with E-state index in [0.29, 0.717) is 10.7 Å². The Bertz CT molecular complexity index is 1270. The molecule has 2 heterocycles. The predicted molar refractivity (Wildman–Crippen MR) is 131 cm³/mol. The van der Waals surface area contributed by atoms with Crippen molar-refractivity contribution in [1.82, 2.24) is 4.98 Å². The van der Waals surface area contributed by atoms with E-state index in [-0.39, 0.29) is 11.8 Å². The molecule has 2 aromatic carbocycles. The molecule has 1 fully saturated rings. The minimum Gasteiger partial charge on any atom is -0.447 e. The molecule has 1 aliphatic carbocycles. The maximum atomic E-state index is 13.0. The van der Waals surface area contributed by atoms with E-state index in [0.717, 1.165) is 53.2 Å². The summed E-state index contributed by atoms with van der Waals surface area (Å²) in [7, 11) is 0.